The highest BCUT2D eigenvalue weighted by Gasteiger charge is 2.25. The molecule has 1 aromatic carbocycles. The summed E-state index contributed by atoms with van der Waals surface area (Å²) in [5.41, 5.74) is 1.15. The number of rotatable bonds is 5. The summed E-state index contributed by atoms with van der Waals surface area (Å²) in [6.07, 6.45) is 3.19. The molecular formula is C22H20N4O3. The van der Waals surface area contributed by atoms with Gasteiger partial charge in [0, 0.05) is 23.5 Å². The van der Waals surface area contributed by atoms with Crippen LogP contribution in [0.5, 0.6) is 0 Å². The smallest absolute Gasteiger partial charge is 0.287 e. The van der Waals surface area contributed by atoms with Gasteiger partial charge in [0.2, 0.25) is 5.78 Å². The third kappa shape index (κ3) is 4.06. The average molecular weight is 388 g/mol. The number of pyridine rings is 1. The fourth-order valence-electron chi connectivity index (χ4n) is 3.30. The first kappa shape index (κ1) is 20.0. The van der Waals surface area contributed by atoms with Crippen LogP contribution < -0.4 is 11.2 Å². The van der Waals surface area contributed by atoms with Crippen LogP contribution in [0.1, 0.15) is 58.1 Å². The number of aromatic nitrogens is 3. The highest BCUT2D eigenvalue weighted by Crippen LogP contribution is 2.20. The summed E-state index contributed by atoms with van der Waals surface area (Å²) in [5.74, 6) is -0.756. The van der Waals surface area contributed by atoms with Crippen LogP contribution in [0.15, 0.2) is 52.3 Å². The Morgan fingerprint density at radius 3 is 2.52 bits per heavy atom. The molecule has 0 unspecified atom stereocenters. The molecule has 3 aromatic rings. The first-order valence-corrected chi connectivity index (χ1v) is 9.14. The van der Waals surface area contributed by atoms with Gasteiger partial charge in [-0.15, -0.1) is 0 Å². The van der Waals surface area contributed by atoms with E-state index >= 15 is 0 Å². The summed E-state index contributed by atoms with van der Waals surface area (Å²) in [4.78, 5) is 45.0. The minimum absolute atomic E-state index is 0.0417. The van der Waals surface area contributed by atoms with Crippen molar-refractivity contribution < 1.29 is 4.79 Å². The van der Waals surface area contributed by atoms with Crippen molar-refractivity contribution in [3.8, 4) is 6.07 Å². The van der Waals surface area contributed by atoms with E-state index in [1.165, 1.54) is 10.6 Å². The molecule has 1 N–H and O–H groups in total. The van der Waals surface area contributed by atoms with E-state index in [2.05, 4.69) is 9.97 Å². The summed E-state index contributed by atoms with van der Waals surface area (Å²) in [6, 6.07) is 10.3. The number of hydrogen-bond acceptors (Lipinski definition) is 5. The van der Waals surface area contributed by atoms with Crippen LogP contribution in [0.2, 0.25) is 0 Å². The Morgan fingerprint density at radius 1 is 1.21 bits per heavy atom. The Morgan fingerprint density at radius 2 is 1.90 bits per heavy atom. The molecule has 0 spiro atoms. The maximum atomic E-state index is 13.5. The molecule has 0 aliphatic heterocycles. The molecule has 0 fully saturated rings. The maximum Gasteiger partial charge on any atom is 0.329 e. The molecule has 3 rings (SSSR count). The van der Waals surface area contributed by atoms with Gasteiger partial charge in [0.1, 0.15) is 5.69 Å². The van der Waals surface area contributed by atoms with E-state index in [9.17, 15) is 19.6 Å². The molecule has 0 aliphatic rings. The largest absolute Gasteiger partial charge is 0.329 e. The fraction of sp³-hybridized carbons (Fsp3) is 0.227. The molecule has 2 aromatic heterocycles. The van der Waals surface area contributed by atoms with E-state index < -0.39 is 17.0 Å². The number of aromatic amines is 1. The Bertz CT molecular complexity index is 1230. The molecule has 2 heterocycles. The SMILES string of the molecule is Cc1cc(C#N)cc(C(=O)c2c(C(C)C)c(=O)[nH]c(=O)n2Cc2ccncc2)c1. The zero-order valence-electron chi connectivity index (χ0n) is 16.4. The lowest BCUT2D eigenvalue weighted by molar-refractivity contribution is 0.102. The van der Waals surface area contributed by atoms with Gasteiger partial charge in [0.25, 0.3) is 5.56 Å². The van der Waals surface area contributed by atoms with Crippen molar-refractivity contribution in [3.63, 3.8) is 0 Å². The molecule has 7 heteroatoms. The molecule has 0 atom stereocenters. The van der Waals surface area contributed by atoms with E-state index in [0.717, 1.165) is 11.1 Å². The van der Waals surface area contributed by atoms with Gasteiger partial charge in [0.05, 0.1) is 18.2 Å². The summed E-state index contributed by atoms with van der Waals surface area (Å²) >= 11 is 0. The standard InChI is InChI=1S/C22H20N4O3/c1-13(2)18-19(20(27)17-9-14(3)8-16(10-17)11-23)26(22(29)25-21(18)28)12-15-4-6-24-7-5-15/h4-10,13H,12H2,1-3H3,(H,25,28,29). The number of benzene rings is 1. The molecule has 146 valence electrons. The number of nitrogens with one attached hydrogen (secondary N) is 1. The number of H-pyrrole nitrogens is 1. The number of aryl methyl sites for hydroxylation is 1. The van der Waals surface area contributed by atoms with Gasteiger partial charge in [-0.25, -0.2) is 4.79 Å². The van der Waals surface area contributed by atoms with Gasteiger partial charge in [-0.3, -0.25) is 24.1 Å². The number of nitriles is 1. The molecule has 0 aliphatic carbocycles. The lowest BCUT2D eigenvalue weighted by Crippen LogP contribution is -2.38. The molecule has 0 saturated heterocycles. The molecule has 7 nitrogen and oxygen atoms in total. The maximum absolute atomic E-state index is 13.5. The normalized spacial score (nSPS) is 10.7. The van der Waals surface area contributed by atoms with Gasteiger partial charge in [0.15, 0.2) is 0 Å². The van der Waals surface area contributed by atoms with Gasteiger partial charge in [-0.1, -0.05) is 13.8 Å². The second-order valence-corrected chi connectivity index (χ2v) is 7.15. The Kier molecular flexibility index (Phi) is 5.55. The zero-order chi connectivity index (χ0) is 21.1. The number of ketones is 1. The van der Waals surface area contributed by atoms with E-state index in [1.807, 2.05) is 6.07 Å². The van der Waals surface area contributed by atoms with Crippen LogP contribution in [0.4, 0.5) is 0 Å². The van der Waals surface area contributed by atoms with Crippen LogP contribution in [0.25, 0.3) is 0 Å². The van der Waals surface area contributed by atoms with Crippen molar-refractivity contribution in [2.45, 2.75) is 33.2 Å². The predicted octanol–water partition coefficient (Wildman–Crippen LogP) is 2.51. The summed E-state index contributed by atoms with van der Waals surface area (Å²) in [7, 11) is 0. The lowest BCUT2D eigenvalue weighted by Gasteiger charge is -2.17. The van der Waals surface area contributed by atoms with E-state index in [4.69, 9.17) is 0 Å². The number of carbonyl (C=O) groups excluding carboxylic acids is 1. The minimum atomic E-state index is -0.660. The van der Waals surface area contributed by atoms with Crippen LogP contribution in [0.3, 0.4) is 0 Å². The summed E-state index contributed by atoms with van der Waals surface area (Å²) in [6.45, 7) is 5.47. The van der Waals surface area contributed by atoms with Gasteiger partial charge >= 0.3 is 5.69 Å². The van der Waals surface area contributed by atoms with Gasteiger partial charge < -0.3 is 0 Å². The minimum Gasteiger partial charge on any atom is -0.287 e. The van der Waals surface area contributed by atoms with Crippen LogP contribution in [0, 0.1) is 18.3 Å². The molecule has 29 heavy (non-hydrogen) atoms. The topological polar surface area (TPSA) is 109 Å². The molecule has 0 radical (unpaired) electrons. The fourth-order valence-corrected chi connectivity index (χ4v) is 3.30. The van der Waals surface area contributed by atoms with Gasteiger partial charge in [-0.2, -0.15) is 5.26 Å². The lowest BCUT2D eigenvalue weighted by atomic mass is 9.95. The molecule has 0 amide bonds. The highest BCUT2D eigenvalue weighted by molar-refractivity contribution is 6.09. The second kappa shape index (κ2) is 8.07. The van der Waals surface area contributed by atoms with Crippen molar-refractivity contribution in [1.82, 2.24) is 14.5 Å². The van der Waals surface area contributed by atoms with Crippen LogP contribution in [-0.2, 0) is 6.54 Å². The third-order valence-corrected chi connectivity index (χ3v) is 4.59. The third-order valence-electron chi connectivity index (χ3n) is 4.59. The van der Waals surface area contributed by atoms with Crippen LogP contribution in [-0.4, -0.2) is 20.3 Å². The first-order valence-electron chi connectivity index (χ1n) is 9.14. The van der Waals surface area contributed by atoms with Crippen molar-refractivity contribution in [3.05, 3.63) is 97.1 Å². The Balaban J connectivity index is 2.29. The quantitative estimate of drug-likeness (QED) is 0.676. The first-order chi connectivity index (χ1) is 13.8. The van der Waals surface area contributed by atoms with Crippen LogP contribution >= 0.6 is 0 Å². The second-order valence-electron chi connectivity index (χ2n) is 7.15. The monoisotopic (exact) mass is 388 g/mol. The Labute approximate surface area is 167 Å². The molecule has 0 bridgehead atoms. The average Bonchev–Trinajstić information content (AvgIpc) is 2.69. The number of carbonyl (C=O) groups is 1. The zero-order valence-corrected chi connectivity index (χ0v) is 16.4. The predicted molar refractivity (Wildman–Crippen MR) is 108 cm³/mol. The van der Waals surface area contributed by atoms with Crippen molar-refractivity contribution in [2.24, 2.45) is 0 Å². The number of hydrogen-bond donors (Lipinski definition) is 1. The van der Waals surface area contributed by atoms with E-state index in [0.29, 0.717) is 5.56 Å². The van der Waals surface area contributed by atoms with E-state index in [-0.39, 0.29) is 29.3 Å². The molecule has 0 saturated carbocycles. The summed E-state index contributed by atoms with van der Waals surface area (Å²) < 4.78 is 1.28. The molecular weight excluding hydrogens is 368 g/mol. The number of nitrogens with zero attached hydrogens (tertiary/aromatic N) is 3. The Hall–Kier alpha value is -3.79. The van der Waals surface area contributed by atoms with Crippen molar-refractivity contribution >= 4 is 5.78 Å². The van der Waals surface area contributed by atoms with Gasteiger partial charge in [-0.05, 0) is 54.3 Å². The summed E-state index contributed by atoms with van der Waals surface area (Å²) in [5, 5.41) is 9.24. The van der Waals surface area contributed by atoms with E-state index in [1.54, 1.807) is 57.4 Å². The van der Waals surface area contributed by atoms with Crippen molar-refractivity contribution in [2.75, 3.05) is 0 Å². The highest BCUT2D eigenvalue weighted by atomic mass is 16.2. The van der Waals surface area contributed by atoms with Crippen molar-refractivity contribution in [1.29, 1.82) is 5.26 Å².